The largest absolute Gasteiger partial charge is 0.465 e. The van der Waals surface area contributed by atoms with E-state index in [0.717, 1.165) is 12.0 Å². The molecule has 1 amide bonds. The molecule has 156 valence electrons. The minimum Gasteiger partial charge on any atom is -0.465 e. The Hall–Kier alpha value is -2.12. The minimum atomic E-state index is -1.29. The summed E-state index contributed by atoms with van der Waals surface area (Å²) >= 11 is 0. The van der Waals surface area contributed by atoms with Crippen molar-refractivity contribution in [2.45, 2.75) is 51.9 Å². The van der Waals surface area contributed by atoms with Crippen molar-refractivity contribution in [3.05, 3.63) is 35.9 Å². The molecule has 0 saturated carbocycles. The number of cyclic esters (lactones) is 1. The van der Waals surface area contributed by atoms with Crippen LogP contribution in [0.3, 0.4) is 0 Å². The average Bonchev–Trinajstić information content (AvgIpc) is 2.67. The maximum atomic E-state index is 12.4. The van der Waals surface area contributed by atoms with E-state index >= 15 is 0 Å². The van der Waals surface area contributed by atoms with Gasteiger partial charge < -0.3 is 24.6 Å². The second-order valence-corrected chi connectivity index (χ2v) is 7.65. The first kappa shape index (κ1) is 22.2. The molecule has 2 rings (SSSR count). The molecule has 4 atom stereocenters. The number of amides is 1. The number of carbonyl (C=O) groups is 2. The third-order valence-corrected chi connectivity index (χ3v) is 4.77. The molecule has 7 heteroatoms. The van der Waals surface area contributed by atoms with Crippen LogP contribution in [0.25, 0.3) is 0 Å². The van der Waals surface area contributed by atoms with E-state index in [0.29, 0.717) is 25.6 Å². The van der Waals surface area contributed by atoms with E-state index in [2.05, 4.69) is 19.2 Å². The van der Waals surface area contributed by atoms with Gasteiger partial charge in [-0.25, -0.2) is 9.59 Å². The Labute approximate surface area is 166 Å². The number of hydrogen-bond acceptors (Lipinski definition) is 5. The summed E-state index contributed by atoms with van der Waals surface area (Å²) in [4.78, 5) is 23.3. The SMILES string of the molecule is CC(C)CCO[C@@H]1[C@@H](Cc2ccccc2)COC[C@H](NC(=O)O)C(=O)O[C@H]1C. The smallest absolute Gasteiger partial charge is 0.405 e. The van der Waals surface area contributed by atoms with E-state index in [-0.39, 0.29) is 18.6 Å². The first-order valence-electron chi connectivity index (χ1n) is 9.80. The fourth-order valence-electron chi connectivity index (χ4n) is 3.27. The lowest BCUT2D eigenvalue weighted by atomic mass is 9.91. The van der Waals surface area contributed by atoms with Crippen molar-refractivity contribution in [3.8, 4) is 0 Å². The molecule has 28 heavy (non-hydrogen) atoms. The van der Waals surface area contributed by atoms with Crippen LogP contribution in [0.2, 0.25) is 0 Å². The minimum absolute atomic E-state index is 0.0269. The number of benzene rings is 1. The Kier molecular flexibility index (Phi) is 8.73. The predicted molar refractivity (Wildman–Crippen MR) is 104 cm³/mol. The van der Waals surface area contributed by atoms with E-state index in [1.54, 1.807) is 6.92 Å². The van der Waals surface area contributed by atoms with E-state index in [1.165, 1.54) is 0 Å². The predicted octanol–water partition coefficient (Wildman–Crippen LogP) is 2.87. The summed E-state index contributed by atoms with van der Waals surface area (Å²) in [6, 6.07) is 8.97. The maximum absolute atomic E-state index is 12.4. The molecule has 7 nitrogen and oxygen atoms in total. The summed E-state index contributed by atoms with van der Waals surface area (Å²) in [5.41, 5.74) is 1.14. The van der Waals surface area contributed by atoms with Gasteiger partial charge in [0.15, 0.2) is 6.04 Å². The standard InChI is InChI=1S/C21H31NO6/c1-14(2)9-10-27-19-15(3)28-20(23)18(22-21(24)25)13-26-12-17(19)11-16-7-5-4-6-8-16/h4-8,14-15,17-19,22H,9-13H2,1-3H3,(H,24,25)/t15-,17-,18-,19-/m0/s1. The van der Waals surface area contributed by atoms with Crippen LogP contribution in [0.5, 0.6) is 0 Å². The van der Waals surface area contributed by atoms with Crippen molar-refractivity contribution in [1.29, 1.82) is 0 Å². The third-order valence-electron chi connectivity index (χ3n) is 4.77. The lowest BCUT2D eigenvalue weighted by Crippen LogP contribution is -2.46. The summed E-state index contributed by atoms with van der Waals surface area (Å²) in [6.45, 7) is 6.89. The van der Waals surface area contributed by atoms with Crippen LogP contribution in [-0.2, 0) is 25.4 Å². The Bertz CT molecular complexity index is 621. The van der Waals surface area contributed by atoms with Crippen molar-refractivity contribution >= 4 is 12.1 Å². The molecular weight excluding hydrogens is 362 g/mol. The van der Waals surface area contributed by atoms with Crippen LogP contribution in [0, 0.1) is 11.8 Å². The summed E-state index contributed by atoms with van der Waals surface area (Å²) < 4.78 is 17.4. The highest BCUT2D eigenvalue weighted by Gasteiger charge is 2.35. The lowest BCUT2D eigenvalue weighted by molar-refractivity contribution is -0.160. The highest BCUT2D eigenvalue weighted by Crippen LogP contribution is 2.23. The zero-order valence-corrected chi connectivity index (χ0v) is 16.8. The van der Waals surface area contributed by atoms with E-state index < -0.39 is 24.2 Å². The van der Waals surface area contributed by atoms with Gasteiger partial charge in [0, 0.05) is 12.5 Å². The van der Waals surface area contributed by atoms with E-state index in [9.17, 15) is 9.59 Å². The Balaban J connectivity index is 2.17. The Morgan fingerprint density at radius 1 is 1.29 bits per heavy atom. The molecular formula is C21H31NO6. The van der Waals surface area contributed by atoms with Gasteiger partial charge in [0.1, 0.15) is 6.10 Å². The topological polar surface area (TPSA) is 94.1 Å². The summed E-state index contributed by atoms with van der Waals surface area (Å²) in [5.74, 6) is -0.171. The van der Waals surface area contributed by atoms with Gasteiger partial charge in [-0.15, -0.1) is 0 Å². The van der Waals surface area contributed by atoms with Crippen molar-refractivity contribution < 1.29 is 28.9 Å². The summed E-state index contributed by atoms with van der Waals surface area (Å²) in [6.07, 6.45) is -0.534. The average molecular weight is 393 g/mol. The van der Waals surface area contributed by atoms with Crippen molar-refractivity contribution in [3.63, 3.8) is 0 Å². The van der Waals surface area contributed by atoms with Gasteiger partial charge in [-0.3, -0.25) is 0 Å². The van der Waals surface area contributed by atoms with Gasteiger partial charge in [0.05, 0.1) is 19.3 Å². The molecule has 1 aliphatic rings. The van der Waals surface area contributed by atoms with Crippen LogP contribution in [0.15, 0.2) is 30.3 Å². The number of carboxylic acid groups (broad SMARTS) is 1. The van der Waals surface area contributed by atoms with Gasteiger partial charge >= 0.3 is 12.1 Å². The van der Waals surface area contributed by atoms with Crippen LogP contribution < -0.4 is 5.32 Å². The number of hydrogen-bond donors (Lipinski definition) is 2. The van der Waals surface area contributed by atoms with Gasteiger partial charge in [0.2, 0.25) is 0 Å². The highest BCUT2D eigenvalue weighted by molar-refractivity contribution is 5.81. The molecule has 1 saturated heterocycles. The van der Waals surface area contributed by atoms with Gasteiger partial charge in [-0.1, -0.05) is 44.2 Å². The van der Waals surface area contributed by atoms with Crippen molar-refractivity contribution in [2.24, 2.45) is 11.8 Å². The summed E-state index contributed by atoms with van der Waals surface area (Å²) in [7, 11) is 0. The number of esters is 1. The second-order valence-electron chi connectivity index (χ2n) is 7.65. The van der Waals surface area contributed by atoms with Gasteiger partial charge in [0.25, 0.3) is 0 Å². The maximum Gasteiger partial charge on any atom is 0.405 e. The normalized spacial score (nSPS) is 26.1. The lowest BCUT2D eigenvalue weighted by Gasteiger charge is -2.31. The Morgan fingerprint density at radius 3 is 2.64 bits per heavy atom. The molecule has 0 radical (unpaired) electrons. The number of rotatable bonds is 7. The van der Waals surface area contributed by atoms with Crippen LogP contribution in [-0.4, -0.2) is 55.2 Å². The van der Waals surface area contributed by atoms with E-state index in [1.807, 2.05) is 30.3 Å². The first-order chi connectivity index (χ1) is 13.4. The fraction of sp³-hybridized carbons (Fsp3) is 0.619. The molecule has 1 aliphatic heterocycles. The highest BCUT2D eigenvalue weighted by atomic mass is 16.6. The van der Waals surface area contributed by atoms with Gasteiger partial charge in [-0.05, 0) is 31.2 Å². The van der Waals surface area contributed by atoms with Crippen LogP contribution in [0.4, 0.5) is 4.79 Å². The second kappa shape index (κ2) is 11.0. The summed E-state index contributed by atoms with van der Waals surface area (Å²) in [5, 5.41) is 11.1. The van der Waals surface area contributed by atoms with Crippen molar-refractivity contribution in [1.82, 2.24) is 5.32 Å². The van der Waals surface area contributed by atoms with Crippen molar-refractivity contribution in [2.75, 3.05) is 19.8 Å². The Morgan fingerprint density at radius 2 is 2.00 bits per heavy atom. The number of carbonyl (C=O) groups excluding carboxylic acids is 1. The molecule has 1 fully saturated rings. The third kappa shape index (κ3) is 7.13. The zero-order valence-electron chi connectivity index (χ0n) is 16.8. The fourth-order valence-corrected chi connectivity index (χ4v) is 3.27. The number of nitrogens with one attached hydrogen (secondary N) is 1. The monoisotopic (exact) mass is 393 g/mol. The zero-order chi connectivity index (χ0) is 20.5. The molecule has 2 N–H and O–H groups in total. The van der Waals surface area contributed by atoms with Crippen LogP contribution >= 0.6 is 0 Å². The molecule has 0 unspecified atom stereocenters. The molecule has 0 spiro atoms. The van der Waals surface area contributed by atoms with Crippen LogP contribution in [0.1, 0.15) is 32.8 Å². The van der Waals surface area contributed by atoms with Gasteiger partial charge in [-0.2, -0.15) is 0 Å². The quantitative estimate of drug-likeness (QED) is 0.692. The molecule has 0 bridgehead atoms. The molecule has 1 aromatic carbocycles. The number of ether oxygens (including phenoxy) is 3. The van der Waals surface area contributed by atoms with E-state index in [4.69, 9.17) is 19.3 Å². The molecule has 1 heterocycles. The molecule has 0 aromatic heterocycles. The first-order valence-corrected chi connectivity index (χ1v) is 9.80. The molecule has 0 aliphatic carbocycles. The molecule has 1 aromatic rings.